The molecule has 0 aliphatic carbocycles. The number of nitrogen functional groups attached to an aromatic ring is 2. The van der Waals surface area contributed by atoms with E-state index in [1.165, 1.54) is 12.7 Å². The Morgan fingerprint density at radius 1 is 1.09 bits per heavy atom. The van der Waals surface area contributed by atoms with Crippen LogP contribution in [0.2, 0.25) is 5.15 Å². The van der Waals surface area contributed by atoms with Crippen LogP contribution in [0.5, 0.6) is 5.75 Å². The van der Waals surface area contributed by atoms with Crippen LogP contribution in [-0.4, -0.2) is 73.8 Å². The maximum absolute atomic E-state index is 12.3. The fraction of sp³-hybridized carbons (Fsp3) is 0.429. The van der Waals surface area contributed by atoms with Crippen LogP contribution in [0.25, 0.3) is 0 Å². The third-order valence-corrected chi connectivity index (χ3v) is 5.14. The predicted molar refractivity (Wildman–Crippen MR) is 122 cm³/mol. The summed E-state index contributed by atoms with van der Waals surface area (Å²) in [6.45, 7) is 1.98. The molecule has 0 aliphatic rings. The summed E-state index contributed by atoms with van der Waals surface area (Å²) in [5.74, 6) is -0.300. The molecule has 0 saturated heterocycles. The molecule has 1 heterocycles. The van der Waals surface area contributed by atoms with Crippen molar-refractivity contribution in [2.45, 2.75) is 12.8 Å². The minimum absolute atomic E-state index is 0.0122. The predicted octanol–water partition coefficient (Wildman–Crippen LogP) is 1.29. The Kier molecular flexibility index (Phi) is 9.03. The van der Waals surface area contributed by atoms with E-state index in [2.05, 4.69) is 34.1 Å². The summed E-state index contributed by atoms with van der Waals surface area (Å²) >= 11 is 5.82. The minimum atomic E-state index is -0.439. The fourth-order valence-corrected chi connectivity index (χ4v) is 3.07. The van der Waals surface area contributed by atoms with Crippen molar-refractivity contribution in [1.29, 1.82) is 0 Å². The lowest BCUT2D eigenvalue weighted by atomic mass is 10.1. The number of nitrogens with two attached hydrogens (primary N) is 2. The zero-order chi connectivity index (χ0) is 23.7. The number of benzene rings is 1. The SMILES string of the molecule is COC(=O)COc1ccc(CCC[N+](C)(C)CCNC(=O)c2nc(Cl)c(N)nc2N)cc1. The van der Waals surface area contributed by atoms with E-state index in [1.807, 2.05) is 24.3 Å². The summed E-state index contributed by atoms with van der Waals surface area (Å²) < 4.78 is 10.6. The van der Waals surface area contributed by atoms with Gasteiger partial charge in [0.05, 0.1) is 40.8 Å². The molecule has 32 heavy (non-hydrogen) atoms. The summed E-state index contributed by atoms with van der Waals surface area (Å²) in [6.07, 6.45) is 1.87. The molecule has 10 nitrogen and oxygen atoms in total. The summed E-state index contributed by atoms with van der Waals surface area (Å²) in [5, 5.41) is 2.75. The standard InChI is InChI=1S/C21H29ClN6O4/c1-28(2,12-10-25-21(30)17-19(23)27-20(24)18(22)26-17)11-4-5-14-6-8-15(9-7-14)32-13-16(29)31-3/h6-9H,4-5,10-13H2,1-3H3,(H4-,23,24,25,27,30)/p+1. The summed E-state index contributed by atoms with van der Waals surface area (Å²) in [5.41, 5.74) is 12.4. The summed E-state index contributed by atoms with van der Waals surface area (Å²) in [6, 6.07) is 7.64. The van der Waals surface area contributed by atoms with Gasteiger partial charge in [0, 0.05) is 6.42 Å². The lowest BCUT2D eigenvalue weighted by molar-refractivity contribution is -0.889. The molecule has 0 radical (unpaired) electrons. The van der Waals surface area contributed by atoms with E-state index in [0.29, 0.717) is 12.3 Å². The maximum atomic E-state index is 12.3. The number of nitrogens with zero attached hydrogens (tertiary/aromatic N) is 3. The number of rotatable bonds is 11. The number of carbonyl (C=O) groups is 2. The molecule has 1 aromatic carbocycles. The van der Waals surface area contributed by atoms with E-state index in [9.17, 15) is 9.59 Å². The van der Waals surface area contributed by atoms with Crippen LogP contribution in [0.3, 0.4) is 0 Å². The number of methoxy groups -OCH3 is 1. The van der Waals surface area contributed by atoms with Crippen LogP contribution in [0.1, 0.15) is 22.5 Å². The molecule has 2 rings (SSSR count). The lowest BCUT2D eigenvalue weighted by Gasteiger charge is -2.30. The van der Waals surface area contributed by atoms with Crippen molar-refractivity contribution in [3.63, 3.8) is 0 Å². The zero-order valence-corrected chi connectivity index (χ0v) is 19.3. The molecule has 11 heteroatoms. The molecule has 0 aliphatic heterocycles. The Balaban J connectivity index is 1.74. The number of esters is 1. The van der Waals surface area contributed by atoms with E-state index < -0.39 is 11.9 Å². The number of nitrogens with one attached hydrogen (secondary N) is 1. The number of halogens is 1. The molecule has 0 bridgehead atoms. The normalized spacial score (nSPS) is 11.1. The monoisotopic (exact) mass is 465 g/mol. The van der Waals surface area contributed by atoms with E-state index in [-0.39, 0.29) is 29.1 Å². The molecule has 5 N–H and O–H groups in total. The third-order valence-electron chi connectivity index (χ3n) is 4.86. The number of ether oxygens (including phenoxy) is 2. The molecule has 0 saturated carbocycles. The Labute approximate surface area is 192 Å². The first-order valence-corrected chi connectivity index (χ1v) is 10.5. The van der Waals surface area contributed by atoms with E-state index in [4.69, 9.17) is 27.8 Å². The van der Waals surface area contributed by atoms with E-state index in [0.717, 1.165) is 30.4 Å². The number of quaternary nitrogens is 1. The van der Waals surface area contributed by atoms with Crippen LogP contribution >= 0.6 is 11.6 Å². The molecule has 2 aromatic rings. The largest absolute Gasteiger partial charge is 0.482 e. The number of hydrogen-bond acceptors (Lipinski definition) is 8. The highest BCUT2D eigenvalue weighted by Crippen LogP contribution is 2.17. The third kappa shape index (κ3) is 7.86. The fourth-order valence-electron chi connectivity index (χ4n) is 2.94. The molecule has 174 valence electrons. The summed E-state index contributed by atoms with van der Waals surface area (Å²) in [4.78, 5) is 31.1. The van der Waals surface area contributed by atoms with Crippen molar-refractivity contribution in [2.24, 2.45) is 0 Å². The van der Waals surface area contributed by atoms with Crippen molar-refractivity contribution in [1.82, 2.24) is 15.3 Å². The van der Waals surface area contributed by atoms with Gasteiger partial charge in [-0.2, -0.15) is 0 Å². The van der Waals surface area contributed by atoms with Gasteiger partial charge in [0.15, 0.2) is 29.1 Å². The molecular weight excluding hydrogens is 436 g/mol. The number of anilines is 2. The average Bonchev–Trinajstić information content (AvgIpc) is 2.75. The first kappa shape index (κ1) is 25.2. The van der Waals surface area contributed by atoms with Crippen molar-refractivity contribution in [3.05, 3.63) is 40.7 Å². The van der Waals surface area contributed by atoms with Crippen LogP contribution in [0.4, 0.5) is 11.6 Å². The second-order valence-electron chi connectivity index (χ2n) is 7.88. The summed E-state index contributed by atoms with van der Waals surface area (Å²) in [7, 11) is 5.53. The first-order chi connectivity index (χ1) is 15.1. The number of aryl methyl sites for hydroxylation is 1. The number of aromatic nitrogens is 2. The van der Waals surface area contributed by atoms with Gasteiger partial charge in [-0.3, -0.25) is 4.79 Å². The van der Waals surface area contributed by atoms with Crippen molar-refractivity contribution in [3.8, 4) is 5.75 Å². The van der Waals surface area contributed by atoms with Crippen LogP contribution < -0.4 is 21.5 Å². The van der Waals surface area contributed by atoms with Gasteiger partial charge in [-0.25, -0.2) is 14.8 Å². The van der Waals surface area contributed by atoms with E-state index in [1.54, 1.807) is 0 Å². The minimum Gasteiger partial charge on any atom is -0.482 e. The molecule has 0 unspecified atom stereocenters. The van der Waals surface area contributed by atoms with E-state index >= 15 is 0 Å². The van der Waals surface area contributed by atoms with Gasteiger partial charge in [0.1, 0.15) is 5.75 Å². The van der Waals surface area contributed by atoms with Gasteiger partial charge < -0.3 is 30.7 Å². The molecule has 0 fully saturated rings. The van der Waals surface area contributed by atoms with Crippen molar-refractivity contribution >= 4 is 35.1 Å². The highest BCUT2D eigenvalue weighted by atomic mass is 35.5. The van der Waals surface area contributed by atoms with Crippen molar-refractivity contribution in [2.75, 3.05) is 58.9 Å². The van der Waals surface area contributed by atoms with Gasteiger partial charge in [-0.15, -0.1) is 0 Å². The second kappa shape index (κ2) is 11.5. The number of carbonyl (C=O) groups excluding carboxylic acids is 2. The van der Waals surface area contributed by atoms with Gasteiger partial charge >= 0.3 is 5.97 Å². The maximum Gasteiger partial charge on any atom is 0.343 e. The van der Waals surface area contributed by atoms with Crippen LogP contribution in [0, 0.1) is 0 Å². The highest BCUT2D eigenvalue weighted by Gasteiger charge is 2.18. The topological polar surface area (TPSA) is 142 Å². The quantitative estimate of drug-likeness (QED) is 0.332. The Morgan fingerprint density at radius 3 is 2.44 bits per heavy atom. The Hall–Kier alpha value is -3.11. The van der Waals surface area contributed by atoms with Gasteiger partial charge in [-0.1, -0.05) is 23.7 Å². The second-order valence-corrected chi connectivity index (χ2v) is 8.24. The van der Waals surface area contributed by atoms with Crippen LogP contribution in [-0.2, 0) is 16.0 Å². The molecule has 0 spiro atoms. The smallest absolute Gasteiger partial charge is 0.343 e. The van der Waals surface area contributed by atoms with Crippen LogP contribution in [0.15, 0.2) is 24.3 Å². The Morgan fingerprint density at radius 2 is 1.78 bits per heavy atom. The number of amides is 1. The number of hydrogen-bond donors (Lipinski definition) is 3. The molecule has 1 amide bonds. The van der Waals surface area contributed by atoms with Gasteiger partial charge in [0.25, 0.3) is 5.91 Å². The molecule has 0 atom stereocenters. The van der Waals surface area contributed by atoms with Gasteiger partial charge in [-0.05, 0) is 24.1 Å². The highest BCUT2D eigenvalue weighted by molar-refractivity contribution is 6.31. The van der Waals surface area contributed by atoms with Gasteiger partial charge in [0.2, 0.25) is 0 Å². The molecular formula is C21H30ClN6O4+. The Bertz CT molecular complexity index is 937. The lowest BCUT2D eigenvalue weighted by Crippen LogP contribution is -2.46. The molecule has 1 aromatic heterocycles. The van der Waals surface area contributed by atoms with Crippen molar-refractivity contribution < 1.29 is 23.5 Å². The number of likely N-dealkylation sites (N-methyl/N-ethyl adjacent to an activating group) is 1. The average molecular weight is 466 g/mol. The first-order valence-electron chi connectivity index (χ1n) is 10.1. The zero-order valence-electron chi connectivity index (χ0n) is 18.6.